The molecule has 6 heteroatoms. The van der Waals surface area contributed by atoms with Crippen LogP contribution in [0.15, 0.2) is 0 Å². The van der Waals surface area contributed by atoms with Gasteiger partial charge < -0.3 is 4.89 Å². The molecule has 1 unspecified atom stereocenters. The van der Waals surface area contributed by atoms with Crippen LogP contribution in [0.25, 0.3) is 0 Å². The fraction of sp³-hybridized carbons (Fsp3) is 1.00. The molecule has 0 spiro atoms. The lowest BCUT2D eigenvalue weighted by molar-refractivity contribution is -0.240. The normalized spacial score (nSPS) is 14.5. The fourth-order valence-corrected chi connectivity index (χ4v) is 1.28. The lowest BCUT2D eigenvalue weighted by Gasteiger charge is -2.29. The molecule has 0 fully saturated rings. The Kier molecular flexibility index (Phi) is 7.23. The van der Waals surface area contributed by atoms with Gasteiger partial charge in [0.25, 0.3) is 0 Å². The van der Waals surface area contributed by atoms with Crippen molar-refractivity contribution in [2.24, 2.45) is 0 Å². The predicted octanol–water partition coefficient (Wildman–Crippen LogP) is 2.47. The molecule has 1 atom stereocenters. The van der Waals surface area contributed by atoms with Gasteiger partial charge in [-0.3, -0.25) is 4.90 Å². The number of hydrogen-bond acceptors (Lipinski definition) is 4. The van der Waals surface area contributed by atoms with Crippen molar-refractivity contribution in [3.05, 3.63) is 0 Å². The van der Waals surface area contributed by atoms with E-state index < -0.39 is 7.73 Å². The summed E-state index contributed by atoms with van der Waals surface area (Å²) in [6.07, 6.45) is 0. The molecule has 0 saturated carbocycles. The number of rotatable bonds is 6. The highest BCUT2D eigenvalue weighted by molar-refractivity contribution is 7.75. The fourth-order valence-electron chi connectivity index (χ4n) is 1.02. The molecule has 1 N–H and O–H groups in total. The van der Waals surface area contributed by atoms with Gasteiger partial charge in [-0.25, -0.2) is 4.89 Å². The molecule has 80 valence electrons. The van der Waals surface area contributed by atoms with Crippen molar-refractivity contribution in [2.45, 2.75) is 39.8 Å². The van der Waals surface area contributed by atoms with Crippen LogP contribution < -0.4 is 0 Å². The van der Waals surface area contributed by atoms with Gasteiger partial charge in [0, 0.05) is 12.1 Å². The summed E-state index contributed by atoms with van der Waals surface area (Å²) < 4.78 is 4.42. The van der Waals surface area contributed by atoms with Gasteiger partial charge in [0.1, 0.15) is 6.73 Å². The Bertz CT molecular complexity index is 127. The summed E-state index contributed by atoms with van der Waals surface area (Å²) in [6, 6.07) is 0.729. The second kappa shape index (κ2) is 6.93. The molecular formula is C7H17ClNO3P. The van der Waals surface area contributed by atoms with E-state index in [0.29, 0.717) is 18.8 Å². The Labute approximate surface area is 85.4 Å². The first-order valence-corrected chi connectivity index (χ1v) is 6.27. The van der Waals surface area contributed by atoms with Crippen molar-refractivity contribution in [1.82, 2.24) is 4.90 Å². The van der Waals surface area contributed by atoms with Gasteiger partial charge >= 0.3 is 7.73 Å². The van der Waals surface area contributed by atoms with Crippen LogP contribution in [-0.4, -0.2) is 28.6 Å². The highest BCUT2D eigenvalue weighted by Gasteiger charge is 2.14. The van der Waals surface area contributed by atoms with E-state index in [-0.39, 0.29) is 0 Å². The van der Waals surface area contributed by atoms with Crippen LogP contribution in [0.3, 0.4) is 0 Å². The summed E-state index contributed by atoms with van der Waals surface area (Å²) in [6.45, 7) is 8.55. The van der Waals surface area contributed by atoms with Crippen LogP contribution in [-0.2, 0) is 9.56 Å². The molecule has 4 nitrogen and oxygen atoms in total. The maximum atomic E-state index is 8.61. The molecule has 0 aliphatic carbocycles. The third kappa shape index (κ3) is 6.61. The third-order valence-corrected chi connectivity index (χ3v) is 2.04. The predicted molar refractivity (Wildman–Crippen MR) is 54.1 cm³/mol. The summed E-state index contributed by atoms with van der Waals surface area (Å²) in [7, 11) is -1.95. The van der Waals surface area contributed by atoms with E-state index in [2.05, 4.69) is 37.3 Å². The van der Waals surface area contributed by atoms with Gasteiger partial charge in [-0.15, -0.1) is 0 Å². The Hall–Kier alpha value is 0.560. The van der Waals surface area contributed by atoms with E-state index in [1.807, 2.05) is 0 Å². The van der Waals surface area contributed by atoms with Crippen LogP contribution >= 0.6 is 19.0 Å². The van der Waals surface area contributed by atoms with E-state index in [0.717, 1.165) is 0 Å². The average molecular weight is 230 g/mol. The molecule has 0 aliphatic rings. The maximum absolute atomic E-state index is 8.61. The molecule has 0 rings (SSSR count). The summed E-state index contributed by atoms with van der Waals surface area (Å²) in [5.74, 6) is 0. The van der Waals surface area contributed by atoms with Crippen LogP contribution in [0.2, 0.25) is 0 Å². The molecule has 13 heavy (non-hydrogen) atoms. The van der Waals surface area contributed by atoms with E-state index in [1.54, 1.807) is 0 Å². The average Bonchev–Trinajstić information content (AvgIpc) is 1.95. The van der Waals surface area contributed by atoms with Crippen LogP contribution in [0.1, 0.15) is 27.7 Å². The van der Waals surface area contributed by atoms with E-state index >= 15 is 0 Å². The topological polar surface area (TPSA) is 41.9 Å². The number of hydrogen-bond donors (Lipinski definition) is 1. The Morgan fingerprint density at radius 3 is 2.08 bits per heavy atom. The Balaban J connectivity index is 3.70. The SMILES string of the molecule is CC(C)N(COOP(O)Cl)C(C)C. The standard InChI is InChI=1S/C7H17ClNO3P/c1-6(2)9(7(3)4)5-11-12-13(8)10/h6-7,10H,5H2,1-4H3. The van der Waals surface area contributed by atoms with E-state index in [1.165, 1.54) is 0 Å². The molecule has 0 saturated heterocycles. The van der Waals surface area contributed by atoms with E-state index in [9.17, 15) is 0 Å². The molecule has 0 amide bonds. The van der Waals surface area contributed by atoms with Crippen molar-refractivity contribution in [2.75, 3.05) is 6.73 Å². The summed E-state index contributed by atoms with van der Waals surface area (Å²) in [4.78, 5) is 15.4. The monoisotopic (exact) mass is 229 g/mol. The lowest BCUT2D eigenvalue weighted by atomic mass is 10.2. The summed E-state index contributed by atoms with van der Waals surface area (Å²) in [5.41, 5.74) is 0. The smallest absolute Gasteiger partial charge is 0.307 e. The minimum absolute atomic E-state index is 0.307. The molecule has 0 heterocycles. The van der Waals surface area contributed by atoms with Crippen molar-refractivity contribution in [3.8, 4) is 0 Å². The van der Waals surface area contributed by atoms with Crippen molar-refractivity contribution in [1.29, 1.82) is 0 Å². The second-order valence-electron chi connectivity index (χ2n) is 3.25. The summed E-state index contributed by atoms with van der Waals surface area (Å²) in [5, 5.41) is 0. The first kappa shape index (κ1) is 13.6. The summed E-state index contributed by atoms with van der Waals surface area (Å²) >= 11 is 5.17. The zero-order chi connectivity index (χ0) is 10.4. The number of halogens is 1. The zero-order valence-corrected chi connectivity index (χ0v) is 10.0. The molecule has 0 aromatic rings. The van der Waals surface area contributed by atoms with Crippen LogP contribution in [0, 0.1) is 0 Å². The second-order valence-corrected chi connectivity index (χ2v) is 4.72. The third-order valence-electron chi connectivity index (χ3n) is 1.64. The zero-order valence-electron chi connectivity index (χ0n) is 8.40. The first-order chi connectivity index (χ1) is 5.95. The van der Waals surface area contributed by atoms with Gasteiger partial charge in [0.2, 0.25) is 0 Å². The lowest BCUT2D eigenvalue weighted by Crippen LogP contribution is -2.38. The van der Waals surface area contributed by atoms with Crippen molar-refractivity contribution in [3.63, 3.8) is 0 Å². The van der Waals surface area contributed by atoms with Gasteiger partial charge in [-0.2, -0.15) is 4.67 Å². The number of nitrogens with zero attached hydrogens (tertiary/aromatic N) is 1. The molecule has 0 aromatic heterocycles. The highest BCUT2D eigenvalue weighted by Crippen LogP contribution is 2.36. The molecule has 0 bridgehead atoms. The molecular weight excluding hydrogens is 213 g/mol. The molecule has 0 radical (unpaired) electrons. The highest BCUT2D eigenvalue weighted by atomic mass is 35.7. The largest absolute Gasteiger partial charge is 0.336 e. The molecule has 0 aliphatic heterocycles. The quantitative estimate of drug-likeness (QED) is 0.329. The van der Waals surface area contributed by atoms with Crippen LogP contribution in [0.5, 0.6) is 0 Å². The minimum atomic E-state index is -1.95. The Morgan fingerprint density at radius 2 is 1.77 bits per heavy atom. The van der Waals surface area contributed by atoms with Gasteiger partial charge in [0.05, 0.1) is 0 Å². The van der Waals surface area contributed by atoms with Crippen LogP contribution in [0.4, 0.5) is 0 Å². The van der Waals surface area contributed by atoms with Gasteiger partial charge in [0.15, 0.2) is 0 Å². The van der Waals surface area contributed by atoms with E-state index in [4.69, 9.17) is 21.0 Å². The van der Waals surface area contributed by atoms with Crippen molar-refractivity contribution < 1.29 is 14.5 Å². The maximum Gasteiger partial charge on any atom is 0.307 e. The van der Waals surface area contributed by atoms with Gasteiger partial charge in [-0.1, -0.05) is 0 Å². The van der Waals surface area contributed by atoms with Crippen molar-refractivity contribution >= 4 is 19.0 Å². The molecule has 0 aromatic carbocycles. The first-order valence-electron chi connectivity index (χ1n) is 4.15. The van der Waals surface area contributed by atoms with Gasteiger partial charge in [-0.05, 0) is 38.9 Å². The minimum Gasteiger partial charge on any atom is -0.336 e. The Morgan fingerprint density at radius 1 is 1.31 bits per heavy atom.